The minimum Gasteiger partial charge on any atom is -0.377 e. The van der Waals surface area contributed by atoms with E-state index in [1.165, 1.54) is 0 Å². The molecule has 0 fully saturated rings. The van der Waals surface area contributed by atoms with Gasteiger partial charge in [-0.3, -0.25) is 5.32 Å². The van der Waals surface area contributed by atoms with E-state index < -0.39 is 6.23 Å². The van der Waals surface area contributed by atoms with Crippen molar-refractivity contribution >= 4 is 0 Å². The highest BCUT2D eigenvalue weighted by molar-refractivity contribution is 4.66. The topological polar surface area (TPSA) is 41.5 Å². The van der Waals surface area contributed by atoms with E-state index in [1.807, 2.05) is 0 Å². The first-order valence-electron chi connectivity index (χ1n) is 4.00. The number of rotatable bonds is 5. The summed E-state index contributed by atoms with van der Waals surface area (Å²) in [6, 6.07) is 0. The van der Waals surface area contributed by atoms with Gasteiger partial charge < -0.3 is 9.84 Å². The molecule has 0 aromatic rings. The highest BCUT2D eigenvalue weighted by Crippen LogP contribution is 2.09. The van der Waals surface area contributed by atoms with Crippen molar-refractivity contribution < 1.29 is 9.84 Å². The average Bonchev–Trinajstić information content (AvgIpc) is 1.98. The zero-order valence-corrected chi connectivity index (χ0v) is 7.79. The molecule has 11 heavy (non-hydrogen) atoms. The summed E-state index contributed by atoms with van der Waals surface area (Å²) in [7, 11) is 3.34. The van der Waals surface area contributed by atoms with E-state index in [2.05, 4.69) is 19.2 Å². The van der Waals surface area contributed by atoms with Crippen molar-refractivity contribution in [2.45, 2.75) is 32.6 Å². The fraction of sp³-hybridized carbons (Fsp3) is 1.00. The third-order valence-corrected chi connectivity index (χ3v) is 1.65. The number of methoxy groups -OCH3 is 1. The number of likely N-dealkylation sites (N-methyl/N-ethyl adjacent to an activating group) is 1. The number of aliphatic hydroxyl groups excluding tert-OH is 1. The van der Waals surface area contributed by atoms with Crippen molar-refractivity contribution in [3.63, 3.8) is 0 Å². The maximum absolute atomic E-state index is 9.33. The molecule has 0 aliphatic heterocycles. The fourth-order valence-electron chi connectivity index (χ4n) is 1.00. The number of nitrogens with one attached hydrogen (secondary N) is 1. The third-order valence-electron chi connectivity index (χ3n) is 1.65. The molecule has 0 aromatic carbocycles. The highest BCUT2D eigenvalue weighted by atomic mass is 16.5. The predicted molar refractivity (Wildman–Crippen MR) is 45.3 cm³/mol. The maximum atomic E-state index is 9.33. The van der Waals surface area contributed by atoms with Gasteiger partial charge in [0, 0.05) is 7.11 Å². The summed E-state index contributed by atoms with van der Waals surface area (Å²) in [4.78, 5) is 0. The minimum absolute atomic E-state index is 0.0972. The van der Waals surface area contributed by atoms with Crippen LogP contribution >= 0.6 is 0 Å². The van der Waals surface area contributed by atoms with E-state index in [4.69, 9.17) is 4.74 Å². The van der Waals surface area contributed by atoms with Crippen LogP contribution in [-0.2, 0) is 4.74 Å². The van der Waals surface area contributed by atoms with Crippen LogP contribution in [0.1, 0.15) is 20.3 Å². The predicted octanol–water partition coefficient (Wildman–Crippen LogP) is 0.585. The Balaban J connectivity index is 3.74. The Morgan fingerprint density at radius 3 is 2.27 bits per heavy atom. The fourth-order valence-corrected chi connectivity index (χ4v) is 1.00. The second-order valence-electron chi connectivity index (χ2n) is 3.14. The van der Waals surface area contributed by atoms with Crippen LogP contribution in [0.25, 0.3) is 0 Å². The zero-order valence-electron chi connectivity index (χ0n) is 7.79. The number of hydrogen-bond acceptors (Lipinski definition) is 3. The lowest BCUT2D eigenvalue weighted by atomic mass is 10.1. The van der Waals surface area contributed by atoms with E-state index in [1.54, 1.807) is 14.2 Å². The molecular formula is C8H19NO2. The summed E-state index contributed by atoms with van der Waals surface area (Å²) in [5.74, 6) is 0.544. The maximum Gasteiger partial charge on any atom is 0.131 e. The van der Waals surface area contributed by atoms with Gasteiger partial charge >= 0.3 is 0 Å². The third kappa shape index (κ3) is 4.35. The molecule has 2 unspecified atom stereocenters. The van der Waals surface area contributed by atoms with E-state index >= 15 is 0 Å². The smallest absolute Gasteiger partial charge is 0.131 e. The lowest BCUT2D eigenvalue weighted by molar-refractivity contribution is -0.0350. The van der Waals surface area contributed by atoms with Gasteiger partial charge in [-0.15, -0.1) is 0 Å². The van der Waals surface area contributed by atoms with E-state index in [-0.39, 0.29) is 6.10 Å². The Morgan fingerprint density at radius 1 is 1.45 bits per heavy atom. The van der Waals surface area contributed by atoms with Gasteiger partial charge in [-0.2, -0.15) is 0 Å². The molecule has 0 aliphatic rings. The van der Waals surface area contributed by atoms with Gasteiger partial charge in [0.25, 0.3) is 0 Å². The second-order valence-corrected chi connectivity index (χ2v) is 3.14. The van der Waals surface area contributed by atoms with Gasteiger partial charge in [-0.05, 0) is 19.4 Å². The average molecular weight is 161 g/mol. The first kappa shape index (κ1) is 10.9. The Bertz CT molecular complexity index is 96.1. The second kappa shape index (κ2) is 5.52. The van der Waals surface area contributed by atoms with Crippen LogP contribution in [0.3, 0.4) is 0 Å². The van der Waals surface area contributed by atoms with Crippen LogP contribution < -0.4 is 5.32 Å². The molecule has 3 nitrogen and oxygen atoms in total. The van der Waals surface area contributed by atoms with E-state index in [9.17, 15) is 5.11 Å². The summed E-state index contributed by atoms with van der Waals surface area (Å²) in [5.41, 5.74) is 0. The largest absolute Gasteiger partial charge is 0.377 e. The van der Waals surface area contributed by atoms with Crippen LogP contribution in [0.4, 0.5) is 0 Å². The molecule has 3 heteroatoms. The highest BCUT2D eigenvalue weighted by Gasteiger charge is 2.17. The molecule has 0 spiro atoms. The van der Waals surface area contributed by atoms with Crippen LogP contribution in [0.15, 0.2) is 0 Å². The first-order valence-corrected chi connectivity index (χ1v) is 4.00. The van der Waals surface area contributed by atoms with Crippen LogP contribution in [0.2, 0.25) is 0 Å². The van der Waals surface area contributed by atoms with Gasteiger partial charge in [0.15, 0.2) is 0 Å². The molecule has 68 valence electrons. The summed E-state index contributed by atoms with van der Waals surface area (Å²) < 4.78 is 5.10. The summed E-state index contributed by atoms with van der Waals surface area (Å²) in [5, 5.41) is 12.1. The van der Waals surface area contributed by atoms with Crippen molar-refractivity contribution in [2.24, 2.45) is 5.92 Å². The van der Waals surface area contributed by atoms with Crippen molar-refractivity contribution in [3.05, 3.63) is 0 Å². The molecule has 0 heterocycles. The summed E-state index contributed by atoms with van der Waals surface area (Å²) in [6.07, 6.45) is 0.223. The summed E-state index contributed by atoms with van der Waals surface area (Å²) >= 11 is 0. The molecule has 2 N–H and O–H groups in total. The van der Waals surface area contributed by atoms with Gasteiger partial charge in [0.05, 0.1) is 6.10 Å². The molecule has 2 atom stereocenters. The van der Waals surface area contributed by atoms with E-state index in [0.717, 1.165) is 6.42 Å². The lowest BCUT2D eigenvalue weighted by Crippen LogP contribution is -2.39. The van der Waals surface area contributed by atoms with Crippen molar-refractivity contribution in [1.82, 2.24) is 5.32 Å². The molecule has 0 rings (SSSR count). The van der Waals surface area contributed by atoms with Gasteiger partial charge in [0.2, 0.25) is 0 Å². The molecule has 0 radical (unpaired) electrons. The molecule has 0 saturated carbocycles. The zero-order chi connectivity index (χ0) is 8.85. The van der Waals surface area contributed by atoms with Crippen molar-refractivity contribution in [2.75, 3.05) is 14.2 Å². The van der Waals surface area contributed by atoms with Gasteiger partial charge in [0.1, 0.15) is 6.23 Å². The Labute approximate surface area is 68.8 Å². The van der Waals surface area contributed by atoms with Gasteiger partial charge in [-0.1, -0.05) is 13.8 Å². The van der Waals surface area contributed by atoms with E-state index in [0.29, 0.717) is 5.92 Å². The van der Waals surface area contributed by atoms with Crippen LogP contribution in [0.5, 0.6) is 0 Å². The number of ether oxygens (including phenoxy) is 1. The molecule has 0 amide bonds. The van der Waals surface area contributed by atoms with Gasteiger partial charge in [-0.25, -0.2) is 0 Å². The molecule has 0 saturated heterocycles. The first-order chi connectivity index (χ1) is 5.11. The Hall–Kier alpha value is -0.120. The van der Waals surface area contributed by atoms with Crippen LogP contribution in [0, 0.1) is 5.92 Å². The minimum atomic E-state index is -0.553. The Kier molecular flexibility index (Phi) is 5.46. The number of hydrogen-bond donors (Lipinski definition) is 2. The quantitative estimate of drug-likeness (QED) is 0.580. The number of aliphatic hydroxyl groups is 1. The lowest BCUT2D eigenvalue weighted by Gasteiger charge is -2.22. The van der Waals surface area contributed by atoms with Crippen molar-refractivity contribution in [3.8, 4) is 0 Å². The normalized spacial score (nSPS) is 16.9. The SMILES string of the molecule is CNC(O)C(CC(C)C)OC. The van der Waals surface area contributed by atoms with Crippen molar-refractivity contribution in [1.29, 1.82) is 0 Å². The van der Waals surface area contributed by atoms with Crippen LogP contribution in [-0.4, -0.2) is 31.6 Å². The monoisotopic (exact) mass is 161 g/mol. The standard InChI is InChI=1S/C8H19NO2/c1-6(2)5-7(11-4)8(10)9-3/h6-10H,5H2,1-4H3. The molecular weight excluding hydrogens is 142 g/mol. The summed E-state index contributed by atoms with van der Waals surface area (Å²) in [6.45, 7) is 4.21. The Morgan fingerprint density at radius 2 is 2.00 bits per heavy atom. The molecule has 0 aliphatic carbocycles. The molecule has 0 aromatic heterocycles. The molecule has 0 bridgehead atoms.